The van der Waals surface area contributed by atoms with Crippen molar-refractivity contribution in [2.24, 2.45) is 0 Å². The van der Waals surface area contributed by atoms with Gasteiger partial charge in [0.25, 0.3) is 0 Å². The highest BCUT2D eigenvalue weighted by atomic mass is 32.1. The lowest BCUT2D eigenvalue weighted by atomic mass is 9.90. The Labute approximate surface area is 115 Å². The summed E-state index contributed by atoms with van der Waals surface area (Å²) in [5.74, 6) is 0.232. The maximum Gasteiger partial charge on any atom is 0.434 e. The summed E-state index contributed by atoms with van der Waals surface area (Å²) in [6.07, 6.45) is 1.02. The van der Waals surface area contributed by atoms with Crippen LogP contribution in [0.1, 0.15) is 60.5 Å². The molecule has 1 saturated carbocycles. The zero-order valence-electron chi connectivity index (χ0n) is 11.0. The van der Waals surface area contributed by atoms with Crippen LogP contribution in [0.15, 0.2) is 0 Å². The Kier molecular flexibility index (Phi) is 4.84. The van der Waals surface area contributed by atoms with Crippen molar-refractivity contribution in [1.82, 2.24) is 10.3 Å². The third-order valence-corrected chi connectivity index (χ3v) is 4.69. The molecule has 1 heterocycles. The van der Waals surface area contributed by atoms with Gasteiger partial charge in [-0.3, -0.25) is 0 Å². The Hall–Kier alpha value is -0.620. The van der Waals surface area contributed by atoms with Gasteiger partial charge in [-0.25, -0.2) is 4.98 Å². The number of hydrogen-bond donors (Lipinski definition) is 1. The fraction of sp³-hybridized carbons (Fsp3) is 0.769. The van der Waals surface area contributed by atoms with Crippen LogP contribution in [0.5, 0.6) is 0 Å². The zero-order valence-corrected chi connectivity index (χ0v) is 11.8. The number of halogens is 3. The van der Waals surface area contributed by atoms with E-state index in [1.807, 2.05) is 6.92 Å². The molecule has 2 rings (SSSR count). The minimum absolute atomic E-state index is 0.232. The molecule has 0 radical (unpaired) electrons. The number of nitrogens with one attached hydrogen (secondary N) is 1. The molecule has 0 saturated heterocycles. The minimum atomic E-state index is -4.34. The summed E-state index contributed by atoms with van der Waals surface area (Å²) in [5, 5.41) is 3.64. The molecule has 1 aromatic rings. The molecule has 19 heavy (non-hydrogen) atoms. The number of aromatic nitrogens is 1. The van der Waals surface area contributed by atoms with Gasteiger partial charge in [0.1, 0.15) is 0 Å². The SMILES string of the molecule is CCNCc1sc(C2CCCCC2)nc1C(F)(F)F. The van der Waals surface area contributed by atoms with Crippen molar-refractivity contribution in [3.8, 4) is 0 Å². The molecule has 0 aliphatic heterocycles. The summed E-state index contributed by atoms with van der Waals surface area (Å²) in [5.41, 5.74) is -0.681. The standard InChI is InChI=1S/C13H19F3N2S/c1-2-17-8-10-11(13(14,15)16)18-12(19-10)9-6-4-3-5-7-9/h9,17H,2-8H2,1H3. The van der Waals surface area contributed by atoms with Crippen molar-refractivity contribution < 1.29 is 13.2 Å². The van der Waals surface area contributed by atoms with E-state index in [4.69, 9.17) is 0 Å². The number of alkyl halides is 3. The fourth-order valence-corrected chi connectivity index (χ4v) is 3.70. The normalized spacial score (nSPS) is 17.9. The molecule has 1 aliphatic carbocycles. The number of rotatable bonds is 4. The van der Waals surface area contributed by atoms with Crippen LogP contribution in [0.3, 0.4) is 0 Å². The van der Waals surface area contributed by atoms with Crippen LogP contribution in [0.4, 0.5) is 13.2 Å². The summed E-state index contributed by atoms with van der Waals surface area (Å²) in [4.78, 5) is 4.24. The van der Waals surface area contributed by atoms with Gasteiger partial charge in [0.2, 0.25) is 0 Å². The number of nitrogens with zero attached hydrogens (tertiary/aromatic N) is 1. The van der Waals surface area contributed by atoms with Gasteiger partial charge in [-0.2, -0.15) is 13.2 Å². The summed E-state index contributed by atoms with van der Waals surface area (Å²) in [6, 6.07) is 0. The molecule has 0 unspecified atom stereocenters. The molecule has 1 aliphatic rings. The first-order chi connectivity index (χ1) is 9.02. The maximum atomic E-state index is 13.0. The zero-order chi connectivity index (χ0) is 13.9. The Morgan fingerprint density at radius 2 is 1.95 bits per heavy atom. The number of thiazole rings is 1. The molecule has 6 heteroatoms. The molecule has 1 N–H and O–H groups in total. The lowest BCUT2D eigenvalue weighted by Crippen LogP contribution is -2.15. The monoisotopic (exact) mass is 292 g/mol. The first-order valence-electron chi connectivity index (χ1n) is 6.80. The third-order valence-electron chi connectivity index (χ3n) is 3.47. The largest absolute Gasteiger partial charge is 0.434 e. The lowest BCUT2D eigenvalue weighted by Gasteiger charge is -2.18. The van der Waals surface area contributed by atoms with E-state index in [9.17, 15) is 13.2 Å². The molecule has 2 nitrogen and oxygen atoms in total. The molecule has 0 aromatic carbocycles. The Morgan fingerprint density at radius 3 is 2.53 bits per heavy atom. The van der Waals surface area contributed by atoms with Crippen LogP contribution in [-0.2, 0) is 12.7 Å². The predicted octanol–water partition coefficient (Wildman–Crippen LogP) is 4.32. The van der Waals surface area contributed by atoms with E-state index in [1.54, 1.807) is 0 Å². The van der Waals surface area contributed by atoms with Gasteiger partial charge in [-0.1, -0.05) is 26.2 Å². The van der Waals surface area contributed by atoms with Crippen molar-refractivity contribution in [3.05, 3.63) is 15.6 Å². The van der Waals surface area contributed by atoms with Crippen LogP contribution in [0.2, 0.25) is 0 Å². The highest BCUT2D eigenvalue weighted by Crippen LogP contribution is 2.40. The third kappa shape index (κ3) is 3.69. The van der Waals surface area contributed by atoms with Crippen molar-refractivity contribution in [2.45, 2.75) is 57.7 Å². The summed E-state index contributed by atoms with van der Waals surface area (Å²) in [6.45, 7) is 2.81. The van der Waals surface area contributed by atoms with Gasteiger partial charge in [0.15, 0.2) is 5.69 Å². The van der Waals surface area contributed by atoms with E-state index in [0.717, 1.165) is 25.7 Å². The fourth-order valence-electron chi connectivity index (χ4n) is 2.47. The van der Waals surface area contributed by atoms with Gasteiger partial charge in [0, 0.05) is 12.5 Å². The van der Waals surface area contributed by atoms with Crippen molar-refractivity contribution in [2.75, 3.05) is 6.54 Å². The van der Waals surface area contributed by atoms with Gasteiger partial charge < -0.3 is 5.32 Å². The maximum absolute atomic E-state index is 13.0. The first kappa shape index (κ1) is 14.8. The average molecular weight is 292 g/mol. The molecule has 1 aromatic heterocycles. The van der Waals surface area contributed by atoms with E-state index in [0.29, 0.717) is 16.4 Å². The van der Waals surface area contributed by atoms with E-state index < -0.39 is 11.9 Å². The van der Waals surface area contributed by atoms with Crippen LogP contribution in [-0.4, -0.2) is 11.5 Å². The van der Waals surface area contributed by atoms with E-state index in [2.05, 4.69) is 10.3 Å². The van der Waals surface area contributed by atoms with Gasteiger partial charge in [-0.05, 0) is 19.4 Å². The smallest absolute Gasteiger partial charge is 0.312 e. The molecule has 0 spiro atoms. The van der Waals surface area contributed by atoms with Crippen LogP contribution in [0.25, 0.3) is 0 Å². The van der Waals surface area contributed by atoms with Crippen LogP contribution in [0, 0.1) is 0 Å². The second-order valence-electron chi connectivity index (χ2n) is 4.94. The number of hydrogen-bond acceptors (Lipinski definition) is 3. The molecule has 0 atom stereocenters. The van der Waals surface area contributed by atoms with Crippen molar-refractivity contribution >= 4 is 11.3 Å². The Bertz CT molecular complexity index is 409. The van der Waals surface area contributed by atoms with E-state index in [-0.39, 0.29) is 12.5 Å². The molecular formula is C13H19F3N2S. The first-order valence-corrected chi connectivity index (χ1v) is 7.61. The second-order valence-corrected chi connectivity index (χ2v) is 6.05. The Balaban J connectivity index is 2.22. The van der Waals surface area contributed by atoms with Gasteiger partial charge in [-0.15, -0.1) is 11.3 Å². The summed E-state index contributed by atoms with van der Waals surface area (Å²) < 4.78 is 38.9. The lowest BCUT2D eigenvalue weighted by molar-refractivity contribution is -0.141. The van der Waals surface area contributed by atoms with Gasteiger partial charge in [0.05, 0.1) is 9.88 Å². The molecule has 0 amide bonds. The molecule has 0 bridgehead atoms. The second kappa shape index (κ2) is 6.22. The highest BCUT2D eigenvalue weighted by molar-refractivity contribution is 7.11. The Morgan fingerprint density at radius 1 is 1.26 bits per heavy atom. The minimum Gasteiger partial charge on any atom is -0.312 e. The van der Waals surface area contributed by atoms with Crippen molar-refractivity contribution in [1.29, 1.82) is 0 Å². The predicted molar refractivity (Wildman–Crippen MR) is 70.3 cm³/mol. The van der Waals surface area contributed by atoms with Crippen molar-refractivity contribution in [3.63, 3.8) is 0 Å². The van der Waals surface area contributed by atoms with Gasteiger partial charge >= 0.3 is 6.18 Å². The topological polar surface area (TPSA) is 24.9 Å². The quantitative estimate of drug-likeness (QED) is 0.894. The highest BCUT2D eigenvalue weighted by Gasteiger charge is 2.38. The van der Waals surface area contributed by atoms with Crippen LogP contribution < -0.4 is 5.32 Å². The molecule has 108 valence electrons. The van der Waals surface area contributed by atoms with Crippen LogP contribution >= 0.6 is 11.3 Å². The average Bonchev–Trinajstić information content (AvgIpc) is 2.81. The summed E-state index contributed by atoms with van der Waals surface area (Å²) in [7, 11) is 0. The molecule has 1 fully saturated rings. The summed E-state index contributed by atoms with van der Waals surface area (Å²) >= 11 is 1.24. The van der Waals surface area contributed by atoms with E-state index in [1.165, 1.54) is 17.8 Å². The van der Waals surface area contributed by atoms with E-state index >= 15 is 0 Å². The molecular weight excluding hydrogens is 273 g/mol.